The van der Waals surface area contributed by atoms with Crippen LogP contribution in [0.2, 0.25) is 5.02 Å². The number of ether oxygens (including phenoxy) is 1. The van der Waals surface area contributed by atoms with Crippen LogP contribution in [0, 0.1) is 0 Å². The Morgan fingerprint density at radius 2 is 1.84 bits per heavy atom. The molecule has 1 amide bonds. The van der Waals surface area contributed by atoms with Crippen molar-refractivity contribution in [1.29, 1.82) is 0 Å². The van der Waals surface area contributed by atoms with Gasteiger partial charge in [-0.25, -0.2) is 8.42 Å². The summed E-state index contributed by atoms with van der Waals surface area (Å²) in [4.78, 5) is 12.7. The summed E-state index contributed by atoms with van der Waals surface area (Å²) < 4.78 is 71.8. The largest absolute Gasteiger partial charge is 0.417 e. The lowest BCUT2D eigenvalue weighted by molar-refractivity contribution is -0.137. The number of sulfonamides is 1. The van der Waals surface area contributed by atoms with Crippen LogP contribution in [0.1, 0.15) is 28.4 Å². The number of nitrogens with zero attached hydrogens (tertiary/aromatic N) is 1. The molecule has 1 aliphatic heterocycles. The van der Waals surface area contributed by atoms with Crippen LogP contribution in [-0.2, 0) is 27.4 Å². The van der Waals surface area contributed by atoms with Gasteiger partial charge in [0.15, 0.2) is 0 Å². The Kier molecular flexibility index (Phi) is 6.95. The highest BCUT2D eigenvalue weighted by Gasteiger charge is 2.33. The number of alkyl halides is 3. The average molecular weight is 477 g/mol. The molecule has 1 N–H and O–H groups in total. The van der Waals surface area contributed by atoms with Gasteiger partial charge in [-0.1, -0.05) is 24.6 Å². The zero-order chi connectivity index (χ0) is 22.8. The minimum atomic E-state index is -4.68. The van der Waals surface area contributed by atoms with Crippen LogP contribution in [0.5, 0.6) is 0 Å². The van der Waals surface area contributed by atoms with E-state index in [0.717, 1.165) is 12.1 Å². The number of halogens is 4. The van der Waals surface area contributed by atoms with Crippen LogP contribution in [0.3, 0.4) is 0 Å². The number of amides is 1. The molecule has 0 aliphatic carbocycles. The van der Waals surface area contributed by atoms with E-state index in [1.165, 1.54) is 28.6 Å². The quantitative estimate of drug-likeness (QED) is 0.702. The molecule has 2 aromatic rings. The summed E-state index contributed by atoms with van der Waals surface area (Å²) in [6.07, 6.45) is -4.26. The van der Waals surface area contributed by atoms with Gasteiger partial charge < -0.3 is 10.1 Å². The van der Waals surface area contributed by atoms with E-state index in [-0.39, 0.29) is 42.4 Å². The van der Waals surface area contributed by atoms with Crippen molar-refractivity contribution in [2.24, 2.45) is 0 Å². The first-order valence-electron chi connectivity index (χ1n) is 9.43. The molecule has 1 aliphatic rings. The number of carbonyl (C=O) groups is 1. The van der Waals surface area contributed by atoms with Crippen molar-refractivity contribution >= 4 is 33.2 Å². The third kappa shape index (κ3) is 5.20. The number of aryl methyl sites for hydroxylation is 1. The predicted octanol–water partition coefficient (Wildman–Crippen LogP) is 4.19. The molecule has 1 fully saturated rings. The molecule has 0 saturated carbocycles. The Balaban J connectivity index is 1.92. The molecule has 2 aromatic carbocycles. The first-order chi connectivity index (χ1) is 14.5. The molecule has 0 bridgehead atoms. The molecule has 0 unspecified atom stereocenters. The summed E-state index contributed by atoms with van der Waals surface area (Å²) in [5.41, 5.74) is -0.649. The minimum absolute atomic E-state index is 0.00311. The molecule has 0 aromatic heterocycles. The lowest BCUT2D eigenvalue weighted by Gasteiger charge is -2.27. The van der Waals surface area contributed by atoms with Gasteiger partial charge in [0.2, 0.25) is 10.0 Å². The predicted molar refractivity (Wildman–Crippen MR) is 110 cm³/mol. The molecule has 0 radical (unpaired) electrons. The number of morpholine rings is 1. The van der Waals surface area contributed by atoms with E-state index in [9.17, 15) is 26.4 Å². The second-order valence-electron chi connectivity index (χ2n) is 6.84. The van der Waals surface area contributed by atoms with Crippen molar-refractivity contribution in [3.8, 4) is 0 Å². The van der Waals surface area contributed by atoms with Crippen LogP contribution in [-0.4, -0.2) is 44.9 Å². The summed E-state index contributed by atoms with van der Waals surface area (Å²) in [6.45, 7) is 2.75. The van der Waals surface area contributed by atoms with Gasteiger partial charge in [0.1, 0.15) is 0 Å². The Morgan fingerprint density at radius 1 is 1.16 bits per heavy atom. The maximum Gasteiger partial charge on any atom is 0.417 e. The van der Waals surface area contributed by atoms with Crippen LogP contribution < -0.4 is 5.32 Å². The molecule has 1 heterocycles. The van der Waals surface area contributed by atoms with Crippen molar-refractivity contribution in [3.05, 3.63) is 58.1 Å². The van der Waals surface area contributed by atoms with Gasteiger partial charge in [0.05, 0.1) is 28.7 Å². The number of anilines is 1. The number of nitrogens with one attached hydrogen (secondary N) is 1. The summed E-state index contributed by atoms with van der Waals surface area (Å²) in [5, 5.41) is 1.88. The molecule has 11 heteroatoms. The molecular formula is C20H20ClF3N2O4S. The summed E-state index contributed by atoms with van der Waals surface area (Å²) in [5.74, 6) is -0.739. The van der Waals surface area contributed by atoms with Gasteiger partial charge >= 0.3 is 6.18 Å². The lowest BCUT2D eigenvalue weighted by atomic mass is 10.1. The van der Waals surface area contributed by atoms with E-state index in [4.69, 9.17) is 16.3 Å². The maximum atomic E-state index is 13.1. The normalized spacial score (nSPS) is 15.6. The van der Waals surface area contributed by atoms with Gasteiger partial charge in [-0.3, -0.25) is 4.79 Å². The van der Waals surface area contributed by atoms with Gasteiger partial charge in [0, 0.05) is 24.3 Å². The third-order valence-corrected chi connectivity index (χ3v) is 7.14. The third-order valence-electron chi connectivity index (χ3n) is 4.83. The highest BCUT2D eigenvalue weighted by Crippen LogP contribution is 2.36. The Bertz CT molecular complexity index is 1080. The molecule has 31 heavy (non-hydrogen) atoms. The van der Waals surface area contributed by atoms with Crippen molar-refractivity contribution in [2.75, 3.05) is 31.6 Å². The second-order valence-corrected chi connectivity index (χ2v) is 9.15. The van der Waals surface area contributed by atoms with Crippen LogP contribution >= 0.6 is 11.6 Å². The van der Waals surface area contributed by atoms with Gasteiger partial charge in [0.25, 0.3) is 5.91 Å². The zero-order valence-corrected chi connectivity index (χ0v) is 18.1. The molecule has 3 rings (SSSR count). The standard InChI is InChI=1S/C20H20ClF3N2O4S/c1-2-13-3-4-14(11-18(13)31(28,29)26-7-9-30-10-8-26)19(27)25-15-5-6-17(21)16(12-15)20(22,23)24/h3-6,11-12H,2,7-10H2,1H3,(H,25,27). The highest BCUT2D eigenvalue weighted by atomic mass is 35.5. The van der Waals surface area contributed by atoms with E-state index in [1.807, 2.05) is 0 Å². The molecular weight excluding hydrogens is 457 g/mol. The Hall–Kier alpha value is -2.14. The topological polar surface area (TPSA) is 75.7 Å². The number of hydrogen-bond donors (Lipinski definition) is 1. The van der Waals surface area contributed by atoms with Crippen molar-refractivity contribution in [2.45, 2.75) is 24.4 Å². The van der Waals surface area contributed by atoms with Gasteiger partial charge in [-0.2, -0.15) is 17.5 Å². The number of carbonyl (C=O) groups excluding carboxylic acids is 1. The van der Waals surface area contributed by atoms with Crippen molar-refractivity contribution in [1.82, 2.24) is 4.31 Å². The number of benzene rings is 2. The van der Waals surface area contributed by atoms with Crippen molar-refractivity contribution < 1.29 is 31.1 Å². The number of hydrogen-bond acceptors (Lipinski definition) is 4. The fraction of sp³-hybridized carbons (Fsp3) is 0.350. The summed E-state index contributed by atoms with van der Waals surface area (Å²) in [7, 11) is -3.86. The molecule has 0 atom stereocenters. The highest BCUT2D eigenvalue weighted by molar-refractivity contribution is 7.89. The van der Waals surface area contributed by atoms with E-state index in [0.29, 0.717) is 12.0 Å². The summed E-state index contributed by atoms with van der Waals surface area (Å²) in [6, 6.07) is 7.22. The average Bonchev–Trinajstić information content (AvgIpc) is 2.74. The fourth-order valence-electron chi connectivity index (χ4n) is 3.18. The SMILES string of the molecule is CCc1ccc(C(=O)Nc2ccc(Cl)c(C(F)(F)F)c2)cc1S(=O)(=O)N1CCOCC1. The fourth-order valence-corrected chi connectivity index (χ4v) is 5.13. The first kappa shape index (κ1) is 23.5. The smallest absolute Gasteiger partial charge is 0.379 e. The van der Waals surface area contributed by atoms with Crippen LogP contribution in [0.25, 0.3) is 0 Å². The Labute approximate surface area is 183 Å². The molecule has 0 spiro atoms. The molecule has 6 nitrogen and oxygen atoms in total. The van der Waals surface area contributed by atoms with Crippen LogP contribution in [0.15, 0.2) is 41.3 Å². The zero-order valence-electron chi connectivity index (χ0n) is 16.5. The maximum absolute atomic E-state index is 13.1. The summed E-state index contributed by atoms with van der Waals surface area (Å²) >= 11 is 5.60. The Morgan fingerprint density at radius 3 is 2.45 bits per heavy atom. The minimum Gasteiger partial charge on any atom is -0.379 e. The number of rotatable bonds is 5. The molecule has 168 valence electrons. The second kappa shape index (κ2) is 9.15. The molecule has 1 saturated heterocycles. The van der Waals surface area contributed by atoms with E-state index in [2.05, 4.69) is 5.32 Å². The first-order valence-corrected chi connectivity index (χ1v) is 11.2. The lowest BCUT2D eigenvalue weighted by Crippen LogP contribution is -2.41. The van der Waals surface area contributed by atoms with Crippen molar-refractivity contribution in [3.63, 3.8) is 0 Å². The monoisotopic (exact) mass is 476 g/mol. The van der Waals surface area contributed by atoms with E-state index >= 15 is 0 Å². The van der Waals surface area contributed by atoms with Gasteiger partial charge in [-0.05, 0) is 42.3 Å². The van der Waals surface area contributed by atoms with Crippen LogP contribution in [0.4, 0.5) is 18.9 Å². The van der Waals surface area contributed by atoms with Gasteiger partial charge in [-0.15, -0.1) is 0 Å². The van der Waals surface area contributed by atoms with E-state index < -0.39 is 32.7 Å². The van der Waals surface area contributed by atoms with E-state index in [1.54, 1.807) is 6.92 Å².